The van der Waals surface area contributed by atoms with Crippen LogP contribution in [-0.2, 0) is 0 Å². The molecule has 0 atom stereocenters. The molecule has 0 N–H and O–H groups in total. The van der Waals surface area contributed by atoms with Gasteiger partial charge < -0.3 is 4.74 Å². The second-order valence-electron chi connectivity index (χ2n) is 5.03. The third-order valence-corrected chi connectivity index (χ3v) is 2.99. The monoisotopic (exact) mass is 254 g/mol. The number of ether oxygens (including phenoxy) is 1. The van der Waals surface area contributed by atoms with E-state index in [9.17, 15) is 4.79 Å². The van der Waals surface area contributed by atoms with Crippen molar-refractivity contribution in [3.05, 3.63) is 64.2 Å². The zero-order valence-corrected chi connectivity index (χ0v) is 11.8. The first kappa shape index (κ1) is 13.3. The lowest BCUT2D eigenvalue weighted by Gasteiger charge is -2.09. The van der Waals surface area contributed by atoms with Crippen molar-refractivity contribution < 1.29 is 9.53 Å². The van der Waals surface area contributed by atoms with Gasteiger partial charge in [-0.2, -0.15) is 0 Å². The largest absolute Gasteiger partial charge is 0.423 e. The van der Waals surface area contributed by atoms with Crippen LogP contribution in [0.5, 0.6) is 5.75 Å². The van der Waals surface area contributed by atoms with Crippen molar-refractivity contribution in [1.29, 1.82) is 0 Å². The highest BCUT2D eigenvalue weighted by Gasteiger charge is 2.11. The average Bonchev–Trinajstić information content (AvgIpc) is 2.31. The van der Waals surface area contributed by atoms with Gasteiger partial charge in [0.1, 0.15) is 5.75 Å². The van der Waals surface area contributed by atoms with Gasteiger partial charge in [0.25, 0.3) is 0 Å². The standard InChI is InChI=1S/C17H18O2/c1-11-5-6-16(14(4)8-11)19-17(18)15-9-12(2)7-13(3)10-15/h5-10H,1-4H3. The Kier molecular flexibility index (Phi) is 3.70. The van der Waals surface area contributed by atoms with E-state index < -0.39 is 0 Å². The number of carbonyl (C=O) groups is 1. The maximum Gasteiger partial charge on any atom is 0.343 e. The Morgan fingerprint density at radius 2 is 1.47 bits per heavy atom. The third-order valence-electron chi connectivity index (χ3n) is 2.99. The molecule has 0 radical (unpaired) electrons. The molecule has 0 spiro atoms. The summed E-state index contributed by atoms with van der Waals surface area (Å²) in [7, 11) is 0. The van der Waals surface area contributed by atoms with Crippen molar-refractivity contribution in [3.63, 3.8) is 0 Å². The fourth-order valence-corrected chi connectivity index (χ4v) is 2.17. The molecule has 0 aromatic heterocycles. The molecule has 0 bridgehead atoms. The quantitative estimate of drug-likeness (QED) is 0.594. The fraction of sp³-hybridized carbons (Fsp3) is 0.235. The van der Waals surface area contributed by atoms with E-state index in [4.69, 9.17) is 4.74 Å². The van der Waals surface area contributed by atoms with Gasteiger partial charge in [-0.1, -0.05) is 34.9 Å². The molecule has 0 amide bonds. The van der Waals surface area contributed by atoms with E-state index in [-0.39, 0.29) is 5.97 Å². The number of aryl methyl sites for hydroxylation is 4. The van der Waals surface area contributed by atoms with Crippen molar-refractivity contribution in [3.8, 4) is 5.75 Å². The van der Waals surface area contributed by atoms with Gasteiger partial charge in [0.05, 0.1) is 5.56 Å². The summed E-state index contributed by atoms with van der Waals surface area (Å²) in [4.78, 5) is 12.1. The molecule has 2 aromatic rings. The topological polar surface area (TPSA) is 26.3 Å². The Morgan fingerprint density at radius 1 is 0.842 bits per heavy atom. The van der Waals surface area contributed by atoms with Crippen LogP contribution < -0.4 is 4.74 Å². The number of esters is 1. The van der Waals surface area contributed by atoms with Crippen molar-refractivity contribution >= 4 is 5.97 Å². The van der Waals surface area contributed by atoms with Crippen LogP contribution in [0.15, 0.2) is 36.4 Å². The van der Waals surface area contributed by atoms with Crippen LogP contribution in [0.3, 0.4) is 0 Å². The molecule has 19 heavy (non-hydrogen) atoms. The summed E-state index contributed by atoms with van der Waals surface area (Å²) in [5.74, 6) is 0.313. The highest BCUT2D eigenvalue weighted by atomic mass is 16.5. The second kappa shape index (κ2) is 5.27. The predicted molar refractivity (Wildman–Crippen MR) is 76.8 cm³/mol. The Hall–Kier alpha value is -2.09. The molecule has 0 aliphatic carbocycles. The van der Waals surface area contributed by atoms with E-state index in [1.807, 2.05) is 64.1 Å². The van der Waals surface area contributed by atoms with Crippen LogP contribution in [0.1, 0.15) is 32.6 Å². The number of hydrogen-bond donors (Lipinski definition) is 0. The lowest BCUT2D eigenvalue weighted by atomic mass is 10.1. The first-order valence-electron chi connectivity index (χ1n) is 6.33. The number of hydrogen-bond acceptors (Lipinski definition) is 2. The number of benzene rings is 2. The smallest absolute Gasteiger partial charge is 0.343 e. The molecule has 0 unspecified atom stereocenters. The maximum absolute atomic E-state index is 12.1. The molecule has 98 valence electrons. The first-order chi connectivity index (χ1) is 8.95. The van der Waals surface area contributed by atoms with Crippen molar-refractivity contribution in [2.24, 2.45) is 0 Å². The minimum Gasteiger partial charge on any atom is -0.423 e. The van der Waals surface area contributed by atoms with Crippen molar-refractivity contribution in [2.75, 3.05) is 0 Å². The summed E-state index contributed by atoms with van der Waals surface area (Å²) in [6, 6.07) is 11.5. The van der Waals surface area contributed by atoms with Crippen LogP contribution in [0.2, 0.25) is 0 Å². The van der Waals surface area contributed by atoms with Gasteiger partial charge in [0, 0.05) is 0 Å². The fourth-order valence-electron chi connectivity index (χ4n) is 2.17. The highest BCUT2D eigenvalue weighted by Crippen LogP contribution is 2.20. The second-order valence-corrected chi connectivity index (χ2v) is 5.03. The summed E-state index contributed by atoms with van der Waals surface area (Å²) in [6.07, 6.45) is 0. The molecular formula is C17H18O2. The Bertz CT molecular complexity index is 607. The SMILES string of the molecule is Cc1cc(C)cc(C(=O)Oc2ccc(C)cc2C)c1. The molecular weight excluding hydrogens is 236 g/mol. The minimum atomic E-state index is -0.307. The molecule has 0 saturated heterocycles. The van der Waals surface area contributed by atoms with Crippen molar-refractivity contribution in [1.82, 2.24) is 0 Å². The van der Waals surface area contributed by atoms with Crippen LogP contribution >= 0.6 is 0 Å². The molecule has 0 fully saturated rings. The van der Waals surface area contributed by atoms with E-state index in [0.29, 0.717) is 11.3 Å². The van der Waals surface area contributed by atoms with Crippen LogP contribution in [0.4, 0.5) is 0 Å². The number of carbonyl (C=O) groups excluding carboxylic acids is 1. The van der Waals surface area contributed by atoms with Gasteiger partial charge in [-0.15, -0.1) is 0 Å². The van der Waals surface area contributed by atoms with Crippen LogP contribution in [0.25, 0.3) is 0 Å². The molecule has 0 aliphatic rings. The Balaban J connectivity index is 2.25. The summed E-state index contributed by atoms with van der Waals surface area (Å²) in [5, 5.41) is 0. The van der Waals surface area contributed by atoms with Gasteiger partial charge >= 0.3 is 5.97 Å². The Labute approximate surface area is 114 Å². The van der Waals surface area contributed by atoms with E-state index in [0.717, 1.165) is 22.3 Å². The normalized spacial score (nSPS) is 10.3. The molecule has 2 nitrogen and oxygen atoms in total. The lowest BCUT2D eigenvalue weighted by Crippen LogP contribution is -2.10. The van der Waals surface area contributed by atoms with Crippen molar-refractivity contribution in [2.45, 2.75) is 27.7 Å². The number of rotatable bonds is 2. The summed E-state index contributed by atoms with van der Waals surface area (Å²) in [6.45, 7) is 7.90. The molecule has 0 heterocycles. The molecule has 2 rings (SSSR count). The van der Waals surface area contributed by atoms with Gasteiger partial charge in [-0.05, 0) is 51.5 Å². The lowest BCUT2D eigenvalue weighted by molar-refractivity contribution is 0.0733. The van der Waals surface area contributed by atoms with Gasteiger partial charge in [0.15, 0.2) is 0 Å². The summed E-state index contributed by atoms with van der Waals surface area (Å²) >= 11 is 0. The van der Waals surface area contributed by atoms with Gasteiger partial charge in [0.2, 0.25) is 0 Å². The van der Waals surface area contributed by atoms with E-state index in [2.05, 4.69) is 0 Å². The highest BCUT2D eigenvalue weighted by molar-refractivity contribution is 5.91. The Morgan fingerprint density at radius 3 is 2.05 bits per heavy atom. The molecule has 2 heteroatoms. The predicted octanol–water partition coefficient (Wildman–Crippen LogP) is 4.14. The molecule has 0 aliphatic heterocycles. The van der Waals surface area contributed by atoms with E-state index >= 15 is 0 Å². The molecule has 0 saturated carbocycles. The van der Waals surface area contributed by atoms with Crippen LogP contribution in [0, 0.1) is 27.7 Å². The maximum atomic E-state index is 12.1. The average molecular weight is 254 g/mol. The molecule has 2 aromatic carbocycles. The van der Waals surface area contributed by atoms with Gasteiger partial charge in [-0.25, -0.2) is 4.79 Å². The van der Waals surface area contributed by atoms with Crippen LogP contribution in [-0.4, -0.2) is 5.97 Å². The zero-order chi connectivity index (χ0) is 14.0. The zero-order valence-electron chi connectivity index (χ0n) is 11.8. The summed E-state index contributed by atoms with van der Waals surface area (Å²) in [5.41, 5.74) is 4.85. The van der Waals surface area contributed by atoms with E-state index in [1.165, 1.54) is 0 Å². The van der Waals surface area contributed by atoms with Gasteiger partial charge in [-0.3, -0.25) is 0 Å². The van der Waals surface area contributed by atoms with E-state index in [1.54, 1.807) is 0 Å². The third kappa shape index (κ3) is 3.22. The summed E-state index contributed by atoms with van der Waals surface area (Å²) < 4.78 is 5.46. The minimum absolute atomic E-state index is 0.307. The first-order valence-corrected chi connectivity index (χ1v) is 6.33.